The van der Waals surface area contributed by atoms with Crippen molar-refractivity contribution in [1.82, 2.24) is 15.1 Å². The zero-order chi connectivity index (χ0) is 15.7. The van der Waals surface area contributed by atoms with Crippen molar-refractivity contribution in [1.29, 1.82) is 0 Å². The second-order valence-electron chi connectivity index (χ2n) is 5.81. The number of hydrogen-bond acceptors (Lipinski definition) is 3. The van der Waals surface area contributed by atoms with Crippen LogP contribution in [0.3, 0.4) is 0 Å². The van der Waals surface area contributed by atoms with Gasteiger partial charge in [-0.2, -0.15) is 5.10 Å². The van der Waals surface area contributed by atoms with E-state index in [-0.39, 0.29) is 17.5 Å². The highest BCUT2D eigenvalue weighted by molar-refractivity contribution is 5.95. The summed E-state index contributed by atoms with van der Waals surface area (Å²) in [6, 6.07) is 9.23. The summed E-state index contributed by atoms with van der Waals surface area (Å²) >= 11 is 0. The van der Waals surface area contributed by atoms with Gasteiger partial charge in [0.2, 0.25) is 0 Å². The van der Waals surface area contributed by atoms with Crippen molar-refractivity contribution in [3.63, 3.8) is 0 Å². The molecule has 0 saturated carbocycles. The molecular formula is C17H19N3O2. The van der Waals surface area contributed by atoms with Crippen LogP contribution in [0.4, 0.5) is 0 Å². The minimum absolute atomic E-state index is 0.0495. The summed E-state index contributed by atoms with van der Waals surface area (Å²) < 4.78 is 1.37. The lowest BCUT2D eigenvalue weighted by Gasteiger charge is -2.25. The van der Waals surface area contributed by atoms with E-state index in [1.807, 2.05) is 31.2 Å². The van der Waals surface area contributed by atoms with Gasteiger partial charge in [-0.3, -0.25) is 9.59 Å². The molecule has 3 rings (SSSR count). The normalized spacial score (nSPS) is 16.9. The smallest absolute Gasteiger partial charge is 0.266 e. The third kappa shape index (κ3) is 2.79. The van der Waals surface area contributed by atoms with E-state index in [4.69, 9.17) is 0 Å². The number of fused-ring (bicyclic) bond motifs is 1. The standard InChI is InChI=1S/C17H19N3O2/c1-11-5-3-4-6-14(11)17(22)18-13-7-8-15-12(9-13)10-16(21)20(2)19-15/h3-6,10,13H,7-9H2,1-2H3,(H,18,22)/t13-/m1/s1. The first-order valence-electron chi connectivity index (χ1n) is 7.47. The number of benzene rings is 1. The number of nitrogens with zero attached hydrogens (tertiary/aromatic N) is 2. The first kappa shape index (κ1) is 14.5. The van der Waals surface area contributed by atoms with E-state index in [1.54, 1.807) is 13.1 Å². The predicted molar refractivity (Wildman–Crippen MR) is 83.9 cm³/mol. The van der Waals surface area contributed by atoms with Gasteiger partial charge in [0.1, 0.15) is 0 Å². The molecule has 0 fully saturated rings. The maximum Gasteiger partial charge on any atom is 0.266 e. The SMILES string of the molecule is Cc1ccccc1C(=O)N[C@@H]1CCc2nn(C)c(=O)cc2C1. The molecule has 1 aliphatic rings. The van der Waals surface area contributed by atoms with Gasteiger partial charge in [-0.05, 0) is 43.4 Å². The van der Waals surface area contributed by atoms with Crippen molar-refractivity contribution >= 4 is 5.91 Å². The quantitative estimate of drug-likeness (QED) is 0.910. The molecule has 0 aliphatic heterocycles. The van der Waals surface area contributed by atoms with Crippen molar-refractivity contribution < 1.29 is 4.79 Å². The van der Waals surface area contributed by atoms with Crippen LogP contribution in [-0.4, -0.2) is 21.7 Å². The van der Waals surface area contributed by atoms with E-state index >= 15 is 0 Å². The number of hydrogen-bond donors (Lipinski definition) is 1. The Hall–Kier alpha value is -2.43. The summed E-state index contributed by atoms with van der Waals surface area (Å²) in [6.45, 7) is 1.93. The summed E-state index contributed by atoms with van der Waals surface area (Å²) in [5.74, 6) is -0.0525. The molecule has 1 atom stereocenters. The van der Waals surface area contributed by atoms with Crippen molar-refractivity contribution in [3.8, 4) is 0 Å². The highest BCUT2D eigenvalue weighted by atomic mass is 16.1. The number of carbonyl (C=O) groups is 1. The van der Waals surface area contributed by atoms with Gasteiger partial charge in [0.15, 0.2) is 0 Å². The van der Waals surface area contributed by atoms with Crippen LogP contribution in [0.25, 0.3) is 0 Å². The molecule has 5 heteroatoms. The van der Waals surface area contributed by atoms with Gasteiger partial charge in [0.05, 0.1) is 5.69 Å². The lowest BCUT2D eigenvalue weighted by Crippen LogP contribution is -2.40. The van der Waals surface area contributed by atoms with Gasteiger partial charge in [-0.15, -0.1) is 0 Å². The lowest BCUT2D eigenvalue weighted by atomic mass is 9.92. The Bertz CT molecular complexity index is 780. The van der Waals surface area contributed by atoms with Crippen LogP contribution in [0.2, 0.25) is 0 Å². The number of carbonyl (C=O) groups excluding carboxylic acids is 1. The van der Waals surface area contributed by atoms with Crippen LogP contribution in [0, 0.1) is 6.92 Å². The van der Waals surface area contributed by atoms with Gasteiger partial charge in [0.25, 0.3) is 11.5 Å². The summed E-state index contributed by atoms with van der Waals surface area (Å²) in [6.07, 6.45) is 2.29. The Kier molecular flexibility index (Phi) is 3.79. The average molecular weight is 297 g/mol. The van der Waals surface area contributed by atoms with Crippen LogP contribution >= 0.6 is 0 Å². The summed E-state index contributed by atoms with van der Waals surface area (Å²) in [7, 11) is 1.66. The minimum atomic E-state index is -0.107. The summed E-state index contributed by atoms with van der Waals surface area (Å²) in [4.78, 5) is 24.1. The molecule has 0 unspecified atom stereocenters. The number of aromatic nitrogens is 2. The topological polar surface area (TPSA) is 64.0 Å². The predicted octanol–water partition coefficient (Wildman–Crippen LogP) is 1.38. The summed E-state index contributed by atoms with van der Waals surface area (Å²) in [5.41, 5.74) is 3.47. The van der Waals surface area contributed by atoms with Crippen LogP contribution in [0.1, 0.15) is 33.6 Å². The lowest BCUT2D eigenvalue weighted by molar-refractivity contribution is 0.0933. The Balaban J connectivity index is 1.75. The Labute approximate surface area is 129 Å². The molecule has 114 valence electrons. The van der Waals surface area contributed by atoms with Crippen LogP contribution in [0.5, 0.6) is 0 Å². The third-order valence-electron chi connectivity index (χ3n) is 4.18. The van der Waals surface area contributed by atoms with Crippen LogP contribution < -0.4 is 10.9 Å². The number of amides is 1. The van der Waals surface area contributed by atoms with E-state index in [1.165, 1.54) is 4.68 Å². The van der Waals surface area contributed by atoms with Gasteiger partial charge in [0, 0.05) is 24.7 Å². The molecule has 0 bridgehead atoms. The van der Waals surface area contributed by atoms with Gasteiger partial charge in [-0.25, -0.2) is 4.68 Å². The zero-order valence-electron chi connectivity index (χ0n) is 12.8. The monoisotopic (exact) mass is 297 g/mol. The molecule has 1 aromatic heterocycles. The fourth-order valence-corrected chi connectivity index (χ4v) is 2.90. The Morgan fingerprint density at radius 2 is 2.14 bits per heavy atom. The van der Waals surface area contributed by atoms with Crippen molar-refractivity contribution in [2.75, 3.05) is 0 Å². The van der Waals surface area contributed by atoms with Gasteiger partial charge in [-0.1, -0.05) is 18.2 Å². The Morgan fingerprint density at radius 1 is 1.36 bits per heavy atom. The van der Waals surface area contributed by atoms with E-state index < -0.39 is 0 Å². The second kappa shape index (κ2) is 5.75. The molecule has 1 amide bonds. The highest BCUT2D eigenvalue weighted by Gasteiger charge is 2.23. The molecule has 0 saturated heterocycles. The number of rotatable bonds is 2. The van der Waals surface area contributed by atoms with Crippen LogP contribution in [-0.2, 0) is 19.9 Å². The fraction of sp³-hybridized carbons (Fsp3) is 0.353. The first-order chi connectivity index (χ1) is 10.5. The first-order valence-corrected chi connectivity index (χ1v) is 7.47. The van der Waals surface area contributed by atoms with Crippen molar-refractivity contribution in [3.05, 3.63) is 63.1 Å². The van der Waals surface area contributed by atoms with E-state index in [0.717, 1.165) is 29.7 Å². The minimum Gasteiger partial charge on any atom is -0.349 e. The molecule has 1 N–H and O–H groups in total. The average Bonchev–Trinajstić information content (AvgIpc) is 2.49. The number of aryl methyl sites for hydroxylation is 3. The van der Waals surface area contributed by atoms with E-state index in [9.17, 15) is 9.59 Å². The van der Waals surface area contributed by atoms with Crippen molar-refractivity contribution in [2.24, 2.45) is 7.05 Å². The largest absolute Gasteiger partial charge is 0.349 e. The molecular weight excluding hydrogens is 278 g/mol. The molecule has 1 heterocycles. The fourth-order valence-electron chi connectivity index (χ4n) is 2.90. The molecule has 1 aromatic carbocycles. The molecule has 2 aromatic rings. The van der Waals surface area contributed by atoms with Gasteiger partial charge < -0.3 is 5.32 Å². The molecule has 0 spiro atoms. The maximum atomic E-state index is 12.4. The molecule has 1 aliphatic carbocycles. The third-order valence-corrected chi connectivity index (χ3v) is 4.18. The summed E-state index contributed by atoms with van der Waals surface area (Å²) in [5, 5.41) is 7.37. The zero-order valence-corrected chi connectivity index (χ0v) is 12.8. The van der Waals surface area contributed by atoms with E-state index in [0.29, 0.717) is 12.0 Å². The van der Waals surface area contributed by atoms with E-state index in [2.05, 4.69) is 10.4 Å². The second-order valence-corrected chi connectivity index (χ2v) is 5.81. The van der Waals surface area contributed by atoms with Gasteiger partial charge >= 0.3 is 0 Å². The number of nitrogens with one attached hydrogen (secondary N) is 1. The molecule has 0 radical (unpaired) electrons. The molecule has 5 nitrogen and oxygen atoms in total. The maximum absolute atomic E-state index is 12.4. The highest BCUT2D eigenvalue weighted by Crippen LogP contribution is 2.18. The van der Waals surface area contributed by atoms with Crippen molar-refractivity contribution in [2.45, 2.75) is 32.2 Å². The molecule has 22 heavy (non-hydrogen) atoms. The Morgan fingerprint density at radius 3 is 2.91 bits per heavy atom. The van der Waals surface area contributed by atoms with Crippen LogP contribution in [0.15, 0.2) is 35.1 Å².